The van der Waals surface area contributed by atoms with Gasteiger partial charge in [0.15, 0.2) is 0 Å². The molecule has 0 saturated carbocycles. The summed E-state index contributed by atoms with van der Waals surface area (Å²) in [4.78, 5) is 30.3. The summed E-state index contributed by atoms with van der Waals surface area (Å²) < 4.78 is 26.3. The van der Waals surface area contributed by atoms with Crippen LogP contribution in [0.15, 0.2) is 188 Å². The lowest BCUT2D eigenvalue weighted by atomic mass is 9.87. The maximum absolute atomic E-state index is 13.3. The molecule has 92 heavy (non-hydrogen) atoms. The first-order valence-corrected chi connectivity index (χ1v) is 33.2. The number of aryl methyl sites for hydroxylation is 2. The molecule has 0 amide bonds. The summed E-state index contributed by atoms with van der Waals surface area (Å²) in [6.07, 6.45) is 23.9. The average Bonchev–Trinajstić information content (AvgIpc) is 1.31. The van der Waals surface area contributed by atoms with E-state index in [1.807, 2.05) is 96.6 Å². The van der Waals surface area contributed by atoms with Gasteiger partial charge in [-0.1, -0.05) is 260 Å². The van der Waals surface area contributed by atoms with Gasteiger partial charge >= 0.3 is 0 Å². The van der Waals surface area contributed by atoms with Gasteiger partial charge in [0.25, 0.3) is 0 Å². The van der Waals surface area contributed by atoms with Crippen molar-refractivity contribution >= 4 is 11.3 Å². The first kappa shape index (κ1) is 83.1. The fraction of sp³-hybridized carbons (Fsp3) is 0.476. The van der Waals surface area contributed by atoms with Gasteiger partial charge in [0.05, 0.1) is 17.1 Å². The second-order valence-corrected chi connectivity index (χ2v) is 33.3. The molecule has 7 aromatic heterocycles. The van der Waals surface area contributed by atoms with E-state index in [9.17, 15) is 8.78 Å². The van der Waals surface area contributed by atoms with Crippen molar-refractivity contribution in [2.75, 3.05) is 0 Å². The Labute approximate surface area is 563 Å². The zero-order valence-electron chi connectivity index (χ0n) is 62.3. The van der Waals surface area contributed by atoms with Gasteiger partial charge in [0.1, 0.15) is 11.6 Å². The smallest absolute Gasteiger partial charge is 0.145 e. The largest absolute Gasteiger partial charge is 0.264 e. The van der Waals surface area contributed by atoms with E-state index in [4.69, 9.17) is 0 Å². The normalized spacial score (nSPS) is 12.3. The Kier molecular flexibility index (Phi) is 33.5. The molecule has 7 nitrogen and oxygen atoms in total. The first-order valence-electron chi connectivity index (χ1n) is 32.3. The first-order chi connectivity index (χ1) is 42.1. The van der Waals surface area contributed by atoms with E-state index >= 15 is 0 Å². The molecule has 0 bridgehead atoms. The third kappa shape index (κ3) is 34.7. The summed E-state index contributed by atoms with van der Waals surface area (Å²) in [5.74, 6) is -0.428. The van der Waals surface area contributed by atoms with Gasteiger partial charge in [-0.05, 0) is 124 Å². The summed E-state index contributed by atoms with van der Waals surface area (Å²) in [6.45, 7) is 61.6. The summed E-state index contributed by atoms with van der Waals surface area (Å²) >= 11 is 1.83. The number of hydrogen-bond acceptors (Lipinski definition) is 8. The molecule has 1 aliphatic rings. The maximum Gasteiger partial charge on any atom is 0.145 e. The number of benzene rings is 1. The van der Waals surface area contributed by atoms with Crippen LogP contribution < -0.4 is 0 Å². The number of aromatic nitrogens is 7. The van der Waals surface area contributed by atoms with E-state index < -0.39 is 0 Å². The van der Waals surface area contributed by atoms with Gasteiger partial charge in [-0.15, -0.1) is 11.3 Å². The zero-order valence-corrected chi connectivity index (χ0v) is 63.1. The molecule has 0 atom stereocenters. The minimum absolute atomic E-state index is 0.119. The summed E-state index contributed by atoms with van der Waals surface area (Å²) in [5.41, 5.74) is 11.9. The van der Waals surface area contributed by atoms with Crippen LogP contribution in [-0.4, -0.2) is 34.9 Å². The Bertz CT molecular complexity index is 3120. The van der Waals surface area contributed by atoms with E-state index in [2.05, 4.69) is 278 Å². The Morgan fingerprint density at radius 2 is 0.848 bits per heavy atom. The van der Waals surface area contributed by atoms with Crippen LogP contribution in [0.3, 0.4) is 0 Å². The van der Waals surface area contributed by atoms with Crippen LogP contribution in [-0.2, 0) is 43.3 Å². The number of hydrogen-bond donors (Lipinski definition) is 0. The number of pyridine rings is 5. The number of halogens is 2. The molecule has 1 aliphatic carbocycles. The van der Waals surface area contributed by atoms with Gasteiger partial charge in [-0.2, -0.15) is 0 Å². The molecule has 10 heteroatoms. The second kappa shape index (κ2) is 37.1. The van der Waals surface area contributed by atoms with Gasteiger partial charge < -0.3 is 0 Å². The van der Waals surface area contributed by atoms with E-state index in [-0.39, 0.29) is 44.1 Å². The molecule has 0 unspecified atom stereocenters. The van der Waals surface area contributed by atoms with Gasteiger partial charge in [-0.25, -0.2) is 8.78 Å². The molecule has 0 spiro atoms. The van der Waals surface area contributed by atoms with Crippen LogP contribution >= 0.6 is 11.3 Å². The van der Waals surface area contributed by atoms with Crippen LogP contribution in [0.25, 0.3) is 0 Å². The molecular formula is C82H119F2N7S. The number of allylic oxidation sites excluding steroid dienone is 4. The minimum atomic E-state index is -0.222. The Morgan fingerprint density at radius 1 is 0.348 bits per heavy atom. The summed E-state index contributed by atoms with van der Waals surface area (Å²) in [5, 5.41) is 2.13. The molecular weight excluding hydrogens is 1150 g/mol. The van der Waals surface area contributed by atoms with Crippen LogP contribution in [0.4, 0.5) is 8.78 Å². The number of nitrogens with zero attached hydrogens (tertiary/aromatic N) is 7. The molecule has 0 fully saturated rings. The molecule has 0 aliphatic heterocycles. The van der Waals surface area contributed by atoms with E-state index in [1.54, 1.807) is 43.2 Å². The molecule has 502 valence electrons. The van der Waals surface area contributed by atoms with Crippen molar-refractivity contribution in [3.63, 3.8) is 0 Å². The van der Waals surface area contributed by atoms with E-state index in [0.717, 1.165) is 29.1 Å². The van der Waals surface area contributed by atoms with Crippen molar-refractivity contribution in [2.45, 2.75) is 251 Å². The molecule has 7 heterocycles. The SMILES string of the molecule is CC(C)(C)C1=CCC=C1.CC(C)(C)c1ccccc1.CC(C)(C)c1ccccn1.CC(C)(C)c1cccnc1.CC(C)(C)c1cccs1.CC(C)(C)c1cnccn1.CC(C)(C)c1ncccc1F.Cc1ccc(C(C)(C)C)nc1.Cc1cnc(C(C)(C)C)c(F)c1. The molecule has 0 saturated heterocycles. The summed E-state index contributed by atoms with van der Waals surface area (Å²) in [6, 6.07) is 33.7. The Balaban J connectivity index is 0.000000518. The van der Waals surface area contributed by atoms with Crippen molar-refractivity contribution in [1.82, 2.24) is 34.9 Å². The quantitative estimate of drug-likeness (QED) is 0.149. The molecule has 1 aromatic carbocycles. The predicted molar refractivity (Wildman–Crippen MR) is 394 cm³/mol. The average molecular weight is 1270 g/mol. The van der Waals surface area contributed by atoms with E-state index in [0.29, 0.717) is 27.6 Å². The summed E-state index contributed by atoms with van der Waals surface area (Å²) in [7, 11) is 0. The Morgan fingerprint density at radius 3 is 1.16 bits per heavy atom. The Hall–Kier alpha value is -6.91. The van der Waals surface area contributed by atoms with Crippen LogP contribution in [0, 0.1) is 30.9 Å². The lowest BCUT2D eigenvalue weighted by Gasteiger charge is -2.18. The highest BCUT2D eigenvalue weighted by Gasteiger charge is 2.22. The molecule has 8 aromatic rings. The minimum Gasteiger partial charge on any atom is -0.264 e. The molecule has 9 rings (SSSR count). The topological polar surface area (TPSA) is 90.2 Å². The van der Waals surface area contributed by atoms with Crippen molar-refractivity contribution in [3.05, 3.63) is 255 Å². The third-order valence-corrected chi connectivity index (χ3v) is 15.0. The van der Waals surface area contributed by atoms with Crippen LogP contribution in [0.5, 0.6) is 0 Å². The van der Waals surface area contributed by atoms with Crippen LogP contribution in [0.2, 0.25) is 0 Å². The lowest BCUT2D eigenvalue weighted by Crippen LogP contribution is -2.15. The highest BCUT2D eigenvalue weighted by Crippen LogP contribution is 2.30. The fourth-order valence-corrected chi connectivity index (χ4v) is 8.71. The van der Waals surface area contributed by atoms with Gasteiger partial charge in [0, 0.05) is 99.1 Å². The van der Waals surface area contributed by atoms with E-state index in [1.165, 1.54) is 39.3 Å². The lowest BCUT2D eigenvalue weighted by molar-refractivity contribution is 0.502. The zero-order chi connectivity index (χ0) is 70.6. The predicted octanol–water partition coefficient (Wildman–Crippen LogP) is 23.5. The van der Waals surface area contributed by atoms with Crippen molar-refractivity contribution in [2.24, 2.45) is 5.41 Å². The molecule has 0 N–H and O–H groups in total. The van der Waals surface area contributed by atoms with Crippen molar-refractivity contribution < 1.29 is 8.78 Å². The third-order valence-electron chi connectivity index (χ3n) is 13.7. The monoisotopic (exact) mass is 1270 g/mol. The second-order valence-electron chi connectivity index (χ2n) is 32.3. The maximum atomic E-state index is 13.3. The molecule has 0 radical (unpaired) electrons. The number of rotatable bonds is 0. The van der Waals surface area contributed by atoms with Crippen molar-refractivity contribution in [3.8, 4) is 0 Å². The van der Waals surface area contributed by atoms with Crippen LogP contribution in [0.1, 0.15) is 249 Å². The highest BCUT2D eigenvalue weighted by atomic mass is 32.1. The fourth-order valence-electron chi connectivity index (χ4n) is 7.89. The number of thiophene rings is 1. The van der Waals surface area contributed by atoms with Gasteiger partial charge in [0.2, 0.25) is 0 Å². The standard InChI is InChI=1S/C10H14FN.C10H15N.C10H14.C9H12FN.2C9H13N.C9H14.C8H12N2.C8H12S/c1-7-5-8(11)9(12-6-7)10(2,3)4;1-8-5-6-9(11-7-8)10(2,3)4;1-10(2,3)9-7-5-4-6-8-9;1-9(2,3)8-7(10)5-4-6-11-8;1-9(2,3)8-5-4-6-10-7-8;1-9(2,3)8-6-4-5-7-10-8;1-9(2,3)8-6-4-5-7-8;1-8(2,3)7-6-9-4-5-10-7;1-8(2,3)7-5-4-6-9-7/h5-6H,1-4H3;5-7H,1-4H3;4-8H,1-3H3;4-6H,1-3H3;2*4-7H,1-3H3;4,6-7H,5H2,1-3H3;4-6H,1-3H3;4-6H,1-3H3. The highest BCUT2D eigenvalue weighted by molar-refractivity contribution is 7.10. The van der Waals surface area contributed by atoms with Gasteiger partial charge in [-0.3, -0.25) is 34.9 Å². The van der Waals surface area contributed by atoms with Crippen molar-refractivity contribution in [1.29, 1.82) is 0 Å².